The van der Waals surface area contributed by atoms with Crippen molar-refractivity contribution in [3.05, 3.63) is 35.6 Å². The van der Waals surface area contributed by atoms with Crippen LogP contribution in [-0.4, -0.2) is 79.0 Å². The Bertz CT molecular complexity index is 657. The number of methoxy groups -OCH3 is 1. The summed E-state index contributed by atoms with van der Waals surface area (Å²) < 4.78 is 22.0. The van der Waals surface area contributed by atoms with E-state index in [1.165, 1.54) is 7.11 Å². The Balaban J connectivity index is 2.13. The summed E-state index contributed by atoms with van der Waals surface area (Å²) in [4.78, 5) is 11.3. The highest BCUT2D eigenvalue weighted by Gasteiger charge is 2.49. The molecule has 164 valence electrons. The van der Waals surface area contributed by atoms with Crippen LogP contribution < -0.4 is 5.32 Å². The van der Waals surface area contributed by atoms with Crippen molar-refractivity contribution in [2.24, 2.45) is 5.41 Å². The van der Waals surface area contributed by atoms with Gasteiger partial charge in [0.25, 0.3) is 0 Å². The van der Waals surface area contributed by atoms with Crippen molar-refractivity contribution in [3.8, 4) is 0 Å². The largest absolute Gasteiger partial charge is 0.479 e. The first-order valence-electron chi connectivity index (χ1n) is 9.53. The van der Waals surface area contributed by atoms with Crippen molar-refractivity contribution in [1.82, 2.24) is 5.32 Å². The predicted octanol–water partition coefficient (Wildman–Crippen LogP) is 0.539. The quantitative estimate of drug-likeness (QED) is 0.316. The average molecular weight is 413 g/mol. The van der Waals surface area contributed by atoms with Gasteiger partial charge in [0.05, 0.1) is 13.3 Å². The van der Waals surface area contributed by atoms with E-state index in [-0.39, 0.29) is 5.41 Å². The Hall–Kier alpha value is -1.75. The summed E-state index contributed by atoms with van der Waals surface area (Å²) in [5.74, 6) is -0.972. The summed E-state index contributed by atoms with van der Waals surface area (Å²) >= 11 is 0. The minimum Gasteiger partial charge on any atom is -0.479 e. The van der Waals surface area contributed by atoms with Crippen LogP contribution in [0.4, 0.5) is 0 Å². The summed E-state index contributed by atoms with van der Waals surface area (Å²) in [7, 11) is 1.32. The second-order valence-electron chi connectivity index (χ2n) is 7.58. The van der Waals surface area contributed by atoms with E-state index in [4.69, 9.17) is 18.9 Å². The van der Waals surface area contributed by atoms with Gasteiger partial charge in [0, 0.05) is 12.5 Å². The summed E-state index contributed by atoms with van der Waals surface area (Å²) in [5.41, 5.74) is 0.576. The molecule has 0 unspecified atom stereocenters. The number of allylic oxidation sites excluding steroid dienone is 3. The van der Waals surface area contributed by atoms with Gasteiger partial charge in [-0.15, -0.1) is 0 Å². The van der Waals surface area contributed by atoms with E-state index in [0.29, 0.717) is 19.1 Å². The van der Waals surface area contributed by atoms with E-state index in [1.54, 1.807) is 6.08 Å². The lowest BCUT2D eigenvalue weighted by atomic mass is 9.91. The average Bonchev–Trinajstić information content (AvgIpc) is 2.79. The minimum absolute atomic E-state index is 0.378. The molecule has 1 aliphatic heterocycles. The Kier molecular flexibility index (Phi) is 8.38. The molecule has 0 amide bonds. The number of rotatable bonds is 9. The molecule has 0 aromatic heterocycles. The fourth-order valence-electron chi connectivity index (χ4n) is 3.20. The Morgan fingerprint density at radius 1 is 1.24 bits per heavy atom. The number of aliphatic carboxylic acids is 1. The topological polar surface area (TPSA) is 127 Å². The highest BCUT2D eigenvalue weighted by molar-refractivity contribution is 5.73. The molecule has 1 saturated heterocycles. The Labute approximate surface area is 170 Å². The Morgan fingerprint density at radius 2 is 1.97 bits per heavy atom. The van der Waals surface area contributed by atoms with E-state index >= 15 is 0 Å². The normalized spacial score (nSPS) is 31.6. The highest BCUT2D eigenvalue weighted by atomic mass is 16.7. The molecule has 0 bridgehead atoms. The third-order valence-corrected chi connectivity index (χ3v) is 4.57. The number of aliphatic hydroxyl groups excluding tert-OH is 2. The zero-order valence-corrected chi connectivity index (χ0v) is 17.2. The molecule has 9 nitrogen and oxygen atoms in total. The van der Waals surface area contributed by atoms with E-state index in [0.717, 1.165) is 12.1 Å². The zero-order chi connectivity index (χ0) is 21.6. The second kappa shape index (κ2) is 10.3. The number of ether oxygens (including phenoxy) is 4. The molecule has 0 aromatic rings. The van der Waals surface area contributed by atoms with Gasteiger partial charge in [-0.2, -0.15) is 0 Å². The molecule has 4 N–H and O–H groups in total. The van der Waals surface area contributed by atoms with Gasteiger partial charge in [0.2, 0.25) is 6.29 Å². The van der Waals surface area contributed by atoms with Crippen LogP contribution in [0.2, 0.25) is 0 Å². The van der Waals surface area contributed by atoms with Crippen LogP contribution in [0.15, 0.2) is 35.6 Å². The molecule has 0 aromatic carbocycles. The second-order valence-corrected chi connectivity index (χ2v) is 7.58. The van der Waals surface area contributed by atoms with Crippen molar-refractivity contribution in [2.45, 2.75) is 51.5 Å². The first-order valence-corrected chi connectivity index (χ1v) is 9.53. The van der Waals surface area contributed by atoms with Crippen molar-refractivity contribution >= 4 is 5.97 Å². The van der Waals surface area contributed by atoms with Crippen LogP contribution in [0, 0.1) is 5.41 Å². The molecule has 2 aliphatic rings. The summed E-state index contributed by atoms with van der Waals surface area (Å²) in [6.07, 6.45) is 0.459. The summed E-state index contributed by atoms with van der Waals surface area (Å²) in [6, 6.07) is 0. The molecule has 0 saturated carbocycles. The highest BCUT2D eigenvalue weighted by Crippen LogP contribution is 2.31. The fourth-order valence-corrected chi connectivity index (χ4v) is 3.20. The molecule has 2 rings (SSSR count). The molecule has 9 heteroatoms. The molecule has 1 aliphatic carbocycles. The predicted molar refractivity (Wildman–Crippen MR) is 104 cm³/mol. The number of hydrogen-bond donors (Lipinski definition) is 4. The molecule has 29 heavy (non-hydrogen) atoms. The molecule has 0 radical (unpaired) electrons. The maximum Gasteiger partial charge on any atom is 0.335 e. The maximum atomic E-state index is 11.3. The molecular formula is C20H31NO8. The van der Waals surface area contributed by atoms with Crippen LogP contribution in [0.3, 0.4) is 0 Å². The van der Waals surface area contributed by atoms with Gasteiger partial charge in [-0.25, -0.2) is 4.79 Å². The lowest BCUT2D eigenvalue weighted by molar-refractivity contribution is -0.288. The van der Waals surface area contributed by atoms with Gasteiger partial charge in [0.15, 0.2) is 6.10 Å². The third-order valence-electron chi connectivity index (χ3n) is 4.57. The number of carboxylic acid groups (broad SMARTS) is 1. The van der Waals surface area contributed by atoms with Crippen LogP contribution in [-0.2, 0) is 23.7 Å². The maximum absolute atomic E-state index is 11.3. The van der Waals surface area contributed by atoms with Crippen LogP contribution in [0.1, 0.15) is 20.8 Å². The van der Waals surface area contributed by atoms with E-state index in [2.05, 4.69) is 5.32 Å². The summed E-state index contributed by atoms with van der Waals surface area (Å²) in [6.45, 7) is 7.65. The first-order chi connectivity index (χ1) is 13.7. The SMILES string of the molecule is CCNCOCC1=CC(C)(C)C=C(O[C@@H]2O[C@H](C(=O)O)[C@@H](O)[C@H](O)[C@H]2OC)C=C1. The third kappa shape index (κ3) is 6.36. The molecule has 5 atom stereocenters. The van der Waals surface area contributed by atoms with E-state index in [9.17, 15) is 20.1 Å². The summed E-state index contributed by atoms with van der Waals surface area (Å²) in [5, 5.41) is 32.5. The number of carbonyl (C=O) groups is 1. The van der Waals surface area contributed by atoms with Crippen LogP contribution in [0.25, 0.3) is 0 Å². The standard InChI is InChI=1S/C20H31NO8/c1-5-21-11-27-10-12-6-7-13(9-20(2,3)8-12)28-19-17(26-4)15(23)14(22)16(29-19)18(24)25/h6-9,14-17,19,21-23H,5,10-11H2,1-4H3,(H,24,25)/t14-,15-,16-,17+,19+/m0/s1. The minimum atomic E-state index is -1.63. The molecule has 1 fully saturated rings. The van der Waals surface area contributed by atoms with Gasteiger partial charge >= 0.3 is 5.97 Å². The lowest BCUT2D eigenvalue weighted by Crippen LogP contribution is -2.60. The van der Waals surface area contributed by atoms with Gasteiger partial charge in [-0.1, -0.05) is 32.9 Å². The van der Waals surface area contributed by atoms with E-state index < -0.39 is 36.7 Å². The number of carboxylic acids is 1. The number of aliphatic hydroxyl groups is 2. The van der Waals surface area contributed by atoms with Gasteiger partial charge in [0.1, 0.15) is 24.1 Å². The Morgan fingerprint density at radius 3 is 2.59 bits per heavy atom. The van der Waals surface area contributed by atoms with Gasteiger partial charge in [-0.05, 0) is 24.3 Å². The number of hydrogen-bond acceptors (Lipinski definition) is 8. The van der Waals surface area contributed by atoms with Crippen LogP contribution in [0.5, 0.6) is 0 Å². The van der Waals surface area contributed by atoms with Crippen molar-refractivity contribution in [3.63, 3.8) is 0 Å². The van der Waals surface area contributed by atoms with E-state index in [1.807, 2.05) is 39.0 Å². The smallest absolute Gasteiger partial charge is 0.335 e. The zero-order valence-electron chi connectivity index (χ0n) is 17.2. The lowest BCUT2D eigenvalue weighted by Gasteiger charge is -2.40. The van der Waals surface area contributed by atoms with Crippen LogP contribution >= 0.6 is 0 Å². The van der Waals surface area contributed by atoms with Crippen molar-refractivity contribution in [1.29, 1.82) is 0 Å². The molecule has 1 heterocycles. The van der Waals surface area contributed by atoms with Crippen molar-refractivity contribution in [2.75, 3.05) is 27.0 Å². The molecule has 0 spiro atoms. The van der Waals surface area contributed by atoms with Gasteiger partial charge in [-0.3, -0.25) is 5.32 Å². The fraction of sp³-hybridized carbons (Fsp3) is 0.650. The monoisotopic (exact) mass is 413 g/mol. The number of nitrogens with one attached hydrogen (secondary N) is 1. The first kappa shape index (κ1) is 23.5. The van der Waals surface area contributed by atoms with Crippen molar-refractivity contribution < 1.29 is 39.1 Å². The molecular weight excluding hydrogens is 382 g/mol. The van der Waals surface area contributed by atoms with Gasteiger partial charge < -0.3 is 34.3 Å².